The van der Waals surface area contributed by atoms with Crippen LogP contribution >= 0.6 is 0 Å². The van der Waals surface area contributed by atoms with Gasteiger partial charge in [0.15, 0.2) is 0 Å². The normalized spacial score (nSPS) is 16.9. The van der Waals surface area contributed by atoms with Gasteiger partial charge in [0.25, 0.3) is 5.91 Å². The van der Waals surface area contributed by atoms with Crippen LogP contribution in [0.25, 0.3) is 0 Å². The molecule has 0 saturated carbocycles. The minimum atomic E-state index is -3.20. The highest BCUT2D eigenvalue weighted by molar-refractivity contribution is 7.89. The van der Waals surface area contributed by atoms with E-state index in [9.17, 15) is 13.2 Å². The van der Waals surface area contributed by atoms with E-state index in [0.717, 1.165) is 5.75 Å². The molecule has 0 radical (unpaired) electrons. The Morgan fingerprint density at radius 3 is 2.38 bits per heavy atom. The van der Waals surface area contributed by atoms with Crippen LogP contribution in [0.1, 0.15) is 37.6 Å². The minimum Gasteiger partial charge on any atom is -0.491 e. The molecule has 1 aromatic rings. The number of ether oxygens (including phenoxy) is 1. The standard InChI is InChI=1S/C17H26N2O4S/c1-4-24(21,22)19-11-5-10-18(12-13-19)17(20)15-6-8-16(9-7-15)23-14(2)3/h6-9,14H,4-5,10-13H2,1-3H3. The van der Waals surface area contributed by atoms with Gasteiger partial charge in [0.1, 0.15) is 5.75 Å². The minimum absolute atomic E-state index is 0.0677. The second-order valence-corrected chi connectivity index (χ2v) is 8.39. The number of hydrogen-bond acceptors (Lipinski definition) is 4. The first-order valence-electron chi connectivity index (χ1n) is 8.37. The lowest BCUT2D eigenvalue weighted by Crippen LogP contribution is -2.37. The number of hydrogen-bond donors (Lipinski definition) is 0. The second kappa shape index (κ2) is 7.98. The quantitative estimate of drug-likeness (QED) is 0.811. The predicted molar refractivity (Wildman–Crippen MR) is 93.8 cm³/mol. The van der Waals surface area contributed by atoms with Crippen molar-refractivity contribution in [2.75, 3.05) is 31.9 Å². The Labute approximate surface area is 144 Å². The highest BCUT2D eigenvalue weighted by atomic mass is 32.2. The first-order valence-corrected chi connectivity index (χ1v) is 9.98. The number of amides is 1. The van der Waals surface area contributed by atoms with E-state index in [1.54, 1.807) is 36.1 Å². The van der Waals surface area contributed by atoms with Crippen molar-refractivity contribution in [1.82, 2.24) is 9.21 Å². The van der Waals surface area contributed by atoms with Gasteiger partial charge in [-0.2, -0.15) is 0 Å². The van der Waals surface area contributed by atoms with Crippen LogP contribution in [0.15, 0.2) is 24.3 Å². The first kappa shape index (κ1) is 18.7. The number of benzene rings is 1. The molecule has 24 heavy (non-hydrogen) atoms. The van der Waals surface area contributed by atoms with Crippen molar-refractivity contribution in [3.05, 3.63) is 29.8 Å². The summed E-state index contributed by atoms with van der Waals surface area (Å²) in [6.45, 7) is 7.36. The summed E-state index contributed by atoms with van der Waals surface area (Å²) in [7, 11) is -3.20. The zero-order chi connectivity index (χ0) is 17.7. The van der Waals surface area contributed by atoms with Gasteiger partial charge < -0.3 is 9.64 Å². The molecule has 1 aliphatic heterocycles. The number of carbonyl (C=O) groups excluding carboxylic acids is 1. The summed E-state index contributed by atoms with van der Waals surface area (Å²) < 4.78 is 31.0. The SMILES string of the molecule is CCS(=O)(=O)N1CCCN(C(=O)c2ccc(OC(C)C)cc2)CC1. The molecule has 1 aromatic carbocycles. The molecule has 6 nitrogen and oxygen atoms in total. The average Bonchev–Trinajstić information content (AvgIpc) is 2.81. The molecule has 1 amide bonds. The van der Waals surface area contributed by atoms with Crippen LogP contribution in [0.2, 0.25) is 0 Å². The van der Waals surface area contributed by atoms with Gasteiger partial charge in [-0.1, -0.05) is 0 Å². The maximum atomic E-state index is 12.6. The third-order valence-electron chi connectivity index (χ3n) is 3.97. The molecule has 0 N–H and O–H groups in total. The zero-order valence-electron chi connectivity index (χ0n) is 14.6. The van der Waals surface area contributed by atoms with Gasteiger partial charge in [-0.15, -0.1) is 0 Å². The monoisotopic (exact) mass is 354 g/mol. The van der Waals surface area contributed by atoms with Gasteiger partial charge in [0.2, 0.25) is 10.0 Å². The van der Waals surface area contributed by atoms with Gasteiger partial charge in [-0.25, -0.2) is 12.7 Å². The molecule has 0 spiro atoms. The van der Waals surface area contributed by atoms with Crippen LogP contribution in [0, 0.1) is 0 Å². The van der Waals surface area contributed by atoms with Crippen LogP contribution in [0.4, 0.5) is 0 Å². The van der Waals surface area contributed by atoms with E-state index in [-0.39, 0.29) is 17.8 Å². The van der Waals surface area contributed by atoms with Crippen molar-refractivity contribution < 1.29 is 17.9 Å². The Bertz CT molecular complexity index is 656. The lowest BCUT2D eigenvalue weighted by atomic mass is 10.2. The van der Waals surface area contributed by atoms with E-state index in [4.69, 9.17) is 4.74 Å². The number of rotatable bonds is 5. The summed E-state index contributed by atoms with van der Waals surface area (Å²) in [5.41, 5.74) is 0.595. The van der Waals surface area contributed by atoms with E-state index in [0.29, 0.717) is 38.2 Å². The molecule has 1 aliphatic rings. The third-order valence-corrected chi connectivity index (χ3v) is 5.85. The number of carbonyl (C=O) groups is 1. The molecule has 0 aliphatic carbocycles. The van der Waals surface area contributed by atoms with Gasteiger partial charge in [-0.05, 0) is 51.5 Å². The molecule has 1 heterocycles. The van der Waals surface area contributed by atoms with Gasteiger partial charge in [-0.3, -0.25) is 4.79 Å². The Kier molecular flexibility index (Phi) is 6.23. The van der Waals surface area contributed by atoms with Crippen molar-refractivity contribution >= 4 is 15.9 Å². The van der Waals surface area contributed by atoms with E-state index < -0.39 is 10.0 Å². The molecule has 1 saturated heterocycles. The lowest BCUT2D eigenvalue weighted by molar-refractivity contribution is 0.0764. The zero-order valence-corrected chi connectivity index (χ0v) is 15.4. The van der Waals surface area contributed by atoms with E-state index in [1.165, 1.54) is 4.31 Å². The van der Waals surface area contributed by atoms with Crippen LogP contribution in [0.3, 0.4) is 0 Å². The topological polar surface area (TPSA) is 66.9 Å². The fourth-order valence-electron chi connectivity index (χ4n) is 2.69. The molecule has 0 bridgehead atoms. The van der Waals surface area contributed by atoms with Gasteiger partial charge in [0.05, 0.1) is 11.9 Å². The average molecular weight is 354 g/mol. The lowest BCUT2D eigenvalue weighted by Gasteiger charge is -2.21. The number of sulfonamides is 1. The first-order chi connectivity index (χ1) is 11.3. The van der Waals surface area contributed by atoms with Crippen LogP contribution in [-0.4, -0.2) is 61.6 Å². The molecule has 134 valence electrons. The second-order valence-electron chi connectivity index (χ2n) is 6.14. The predicted octanol–water partition coefficient (Wildman–Crippen LogP) is 1.97. The largest absolute Gasteiger partial charge is 0.491 e. The highest BCUT2D eigenvalue weighted by Gasteiger charge is 2.25. The van der Waals surface area contributed by atoms with Crippen molar-refractivity contribution in [3.8, 4) is 5.75 Å². The maximum absolute atomic E-state index is 12.6. The summed E-state index contributed by atoms with van der Waals surface area (Å²) in [5.74, 6) is 0.762. The summed E-state index contributed by atoms with van der Waals surface area (Å²) in [5, 5.41) is 0. The van der Waals surface area contributed by atoms with E-state index in [2.05, 4.69) is 0 Å². The van der Waals surface area contributed by atoms with E-state index >= 15 is 0 Å². The fraction of sp³-hybridized carbons (Fsp3) is 0.588. The van der Waals surface area contributed by atoms with Gasteiger partial charge >= 0.3 is 0 Å². The molecule has 0 aromatic heterocycles. The number of nitrogens with zero attached hydrogens (tertiary/aromatic N) is 2. The molecular formula is C17H26N2O4S. The molecule has 0 unspecified atom stereocenters. The summed E-state index contributed by atoms with van der Waals surface area (Å²) >= 11 is 0. The Morgan fingerprint density at radius 1 is 1.12 bits per heavy atom. The van der Waals surface area contributed by atoms with Crippen LogP contribution in [-0.2, 0) is 10.0 Å². The fourth-order valence-corrected chi connectivity index (χ4v) is 3.82. The Morgan fingerprint density at radius 2 is 1.79 bits per heavy atom. The Balaban J connectivity index is 2.02. The van der Waals surface area contributed by atoms with Crippen molar-refractivity contribution in [2.24, 2.45) is 0 Å². The summed E-state index contributed by atoms with van der Waals surface area (Å²) in [4.78, 5) is 14.4. The van der Waals surface area contributed by atoms with Crippen LogP contribution < -0.4 is 4.74 Å². The van der Waals surface area contributed by atoms with E-state index in [1.807, 2.05) is 13.8 Å². The molecule has 1 fully saturated rings. The van der Waals surface area contributed by atoms with Crippen LogP contribution in [0.5, 0.6) is 5.75 Å². The highest BCUT2D eigenvalue weighted by Crippen LogP contribution is 2.16. The molecular weight excluding hydrogens is 328 g/mol. The third kappa shape index (κ3) is 4.70. The van der Waals surface area contributed by atoms with Gasteiger partial charge in [0, 0.05) is 31.7 Å². The molecule has 0 atom stereocenters. The smallest absolute Gasteiger partial charge is 0.253 e. The molecule has 2 rings (SSSR count). The summed E-state index contributed by atoms with van der Waals surface area (Å²) in [6.07, 6.45) is 0.739. The Hall–Kier alpha value is -1.60. The van der Waals surface area contributed by atoms with Crippen molar-refractivity contribution in [1.29, 1.82) is 0 Å². The summed E-state index contributed by atoms with van der Waals surface area (Å²) in [6, 6.07) is 7.09. The maximum Gasteiger partial charge on any atom is 0.253 e. The molecule has 7 heteroatoms. The van der Waals surface area contributed by atoms with Crippen molar-refractivity contribution in [2.45, 2.75) is 33.3 Å². The van der Waals surface area contributed by atoms with Crippen molar-refractivity contribution in [3.63, 3.8) is 0 Å².